The van der Waals surface area contributed by atoms with Gasteiger partial charge < -0.3 is 15.4 Å². The van der Waals surface area contributed by atoms with E-state index in [1.165, 1.54) is 12.1 Å². The molecule has 0 atom stereocenters. The maximum Gasteiger partial charge on any atom is 0.416 e. The third-order valence-corrected chi connectivity index (χ3v) is 3.83. The average molecular weight is 491 g/mol. The fourth-order valence-electron chi connectivity index (χ4n) is 1.88. The molecule has 0 saturated carbocycles. The Kier molecular flexibility index (Phi) is 12.9. The molecule has 0 saturated heterocycles. The topological polar surface area (TPSA) is 45.7 Å². The largest absolute Gasteiger partial charge is 0.492 e. The Morgan fingerprint density at radius 3 is 2.32 bits per heavy atom. The SMILES string of the molecule is CN=C(NCCCCSC)NCCOc1ccc(C(F)(F)F)cc1.I. The van der Waals surface area contributed by atoms with Gasteiger partial charge in [-0.15, -0.1) is 24.0 Å². The summed E-state index contributed by atoms with van der Waals surface area (Å²) in [5.74, 6) is 2.24. The van der Waals surface area contributed by atoms with Crippen molar-refractivity contribution in [1.29, 1.82) is 0 Å². The van der Waals surface area contributed by atoms with Crippen LogP contribution < -0.4 is 15.4 Å². The molecular formula is C16H25F3IN3OS. The average Bonchev–Trinajstić information content (AvgIpc) is 2.56. The summed E-state index contributed by atoms with van der Waals surface area (Å²) in [5, 5.41) is 6.30. The Labute approximate surface area is 168 Å². The molecule has 1 aromatic carbocycles. The Hall–Kier alpha value is -0.840. The van der Waals surface area contributed by atoms with Crippen molar-refractivity contribution >= 4 is 41.7 Å². The van der Waals surface area contributed by atoms with Crippen molar-refractivity contribution in [1.82, 2.24) is 10.6 Å². The fraction of sp³-hybridized carbons (Fsp3) is 0.562. The summed E-state index contributed by atoms with van der Waals surface area (Å²) in [6.45, 7) is 1.68. The number of hydrogen-bond acceptors (Lipinski definition) is 3. The van der Waals surface area contributed by atoms with Gasteiger partial charge >= 0.3 is 6.18 Å². The van der Waals surface area contributed by atoms with Gasteiger partial charge in [0.1, 0.15) is 12.4 Å². The van der Waals surface area contributed by atoms with E-state index in [1.807, 2.05) is 11.8 Å². The second-order valence-corrected chi connectivity index (χ2v) is 5.98. The fourth-order valence-corrected chi connectivity index (χ4v) is 2.37. The van der Waals surface area contributed by atoms with Gasteiger partial charge in [-0.3, -0.25) is 4.99 Å². The molecule has 0 unspecified atom stereocenters. The van der Waals surface area contributed by atoms with E-state index in [9.17, 15) is 13.2 Å². The van der Waals surface area contributed by atoms with Gasteiger partial charge in [0, 0.05) is 13.6 Å². The highest BCUT2D eigenvalue weighted by atomic mass is 127. The lowest BCUT2D eigenvalue weighted by Crippen LogP contribution is -2.39. The number of rotatable bonds is 9. The Bertz CT molecular complexity index is 498. The van der Waals surface area contributed by atoms with Gasteiger partial charge in [-0.1, -0.05) is 0 Å². The molecule has 144 valence electrons. The van der Waals surface area contributed by atoms with E-state index in [4.69, 9.17) is 4.74 Å². The van der Waals surface area contributed by atoms with Crippen LogP contribution in [0.4, 0.5) is 13.2 Å². The van der Waals surface area contributed by atoms with Gasteiger partial charge in [0.15, 0.2) is 5.96 Å². The van der Waals surface area contributed by atoms with Crippen molar-refractivity contribution in [3.63, 3.8) is 0 Å². The highest BCUT2D eigenvalue weighted by Gasteiger charge is 2.29. The molecular weight excluding hydrogens is 466 g/mol. The predicted molar refractivity (Wildman–Crippen MR) is 109 cm³/mol. The summed E-state index contributed by atoms with van der Waals surface area (Å²) in [5.41, 5.74) is -0.681. The van der Waals surface area contributed by atoms with E-state index in [0.717, 1.165) is 37.3 Å². The van der Waals surface area contributed by atoms with Crippen LogP contribution in [0.25, 0.3) is 0 Å². The van der Waals surface area contributed by atoms with Crippen LogP contribution in [-0.4, -0.2) is 44.7 Å². The number of guanidine groups is 1. The van der Waals surface area contributed by atoms with Crippen LogP contribution in [0.1, 0.15) is 18.4 Å². The first-order chi connectivity index (χ1) is 11.5. The number of alkyl halides is 3. The molecule has 0 aliphatic carbocycles. The van der Waals surface area contributed by atoms with Crippen LogP contribution >= 0.6 is 35.7 Å². The zero-order valence-electron chi connectivity index (χ0n) is 14.4. The number of nitrogens with one attached hydrogen (secondary N) is 2. The molecule has 0 spiro atoms. The second kappa shape index (κ2) is 13.4. The minimum atomic E-state index is -4.33. The molecule has 0 aromatic heterocycles. The van der Waals surface area contributed by atoms with Gasteiger partial charge in [0.25, 0.3) is 0 Å². The summed E-state index contributed by atoms with van der Waals surface area (Å²) in [6.07, 6.45) is -0.00949. The summed E-state index contributed by atoms with van der Waals surface area (Å²) >= 11 is 1.83. The smallest absolute Gasteiger partial charge is 0.416 e. The lowest BCUT2D eigenvalue weighted by Gasteiger charge is -2.13. The molecule has 2 N–H and O–H groups in total. The van der Waals surface area contributed by atoms with E-state index in [2.05, 4.69) is 21.9 Å². The van der Waals surface area contributed by atoms with Crippen LogP contribution in [0.5, 0.6) is 5.75 Å². The van der Waals surface area contributed by atoms with E-state index >= 15 is 0 Å². The summed E-state index contributed by atoms with van der Waals surface area (Å²) in [6, 6.07) is 4.67. The molecule has 0 radical (unpaired) electrons. The molecule has 0 amide bonds. The number of aliphatic imine (C=N–C) groups is 1. The Balaban J connectivity index is 0.00000576. The Morgan fingerprint density at radius 2 is 1.76 bits per heavy atom. The first kappa shape index (κ1) is 24.2. The predicted octanol–water partition coefficient (Wildman–Crippen LogP) is 4.01. The monoisotopic (exact) mass is 491 g/mol. The van der Waals surface area contributed by atoms with Crippen LogP contribution in [0, 0.1) is 0 Å². The van der Waals surface area contributed by atoms with Crippen molar-refractivity contribution in [3.05, 3.63) is 29.8 Å². The second-order valence-electron chi connectivity index (χ2n) is 5.00. The molecule has 1 rings (SSSR count). The zero-order valence-corrected chi connectivity index (χ0v) is 17.5. The number of ether oxygens (including phenoxy) is 1. The van der Waals surface area contributed by atoms with Crippen molar-refractivity contribution < 1.29 is 17.9 Å². The number of benzene rings is 1. The molecule has 0 fully saturated rings. The molecule has 0 aliphatic heterocycles. The third-order valence-electron chi connectivity index (χ3n) is 3.14. The van der Waals surface area contributed by atoms with E-state index in [-0.39, 0.29) is 24.0 Å². The highest BCUT2D eigenvalue weighted by Crippen LogP contribution is 2.30. The minimum Gasteiger partial charge on any atom is -0.492 e. The molecule has 1 aromatic rings. The van der Waals surface area contributed by atoms with Gasteiger partial charge in [-0.25, -0.2) is 0 Å². The Morgan fingerprint density at radius 1 is 1.12 bits per heavy atom. The number of unbranched alkanes of at least 4 members (excludes halogenated alkanes) is 1. The van der Waals surface area contributed by atoms with Gasteiger partial charge in [-0.05, 0) is 49.1 Å². The van der Waals surface area contributed by atoms with Crippen molar-refractivity contribution in [2.75, 3.05) is 38.8 Å². The van der Waals surface area contributed by atoms with E-state index in [1.54, 1.807) is 7.05 Å². The summed E-state index contributed by atoms with van der Waals surface area (Å²) < 4.78 is 42.8. The molecule has 0 bridgehead atoms. The van der Waals surface area contributed by atoms with Crippen LogP contribution in [0.3, 0.4) is 0 Å². The molecule has 0 aliphatic rings. The van der Waals surface area contributed by atoms with Gasteiger partial charge in [-0.2, -0.15) is 24.9 Å². The molecule has 4 nitrogen and oxygen atoms in total. The van der Waals surface area contributed by atoms with E-state index in [0.29, 0.717) is 24.9 Å². The summed E-state index contributed by atoms with van der Waals surface area (Å²) in [4.78, 5) is 4.10. The number of thioether (sulfide) groups is 1. The first-order valence-corrected chi connectivity index (χ1v) is 9.10. The first-order valence-electron chi connectivity index (χ1n) is 7.71. The molecule has 9 heteroatoms. The lowest BCUT2D eigenvalue weighted by atomic mass is 10.2. The van der Waals surface area contributed by atoms with Crippen molar-refractivity contribution in [2.45, 2.75) is 19.0 Å². The van der Waals surface area contributed by atoms with Crippen LogP contribution in [-0.2, 0) is 6.18 Å². The molecule has 0 heterocycles. The quantitative estimate of drug-likeness (QED) is 0.237. The van der Waals surface area contributed by atoms with Crippen LogP contribution in [0.15, 0.2) is 29.3 Å². The van der Waals surface area contributed by atoms with Crippen LogP contribution in [0.2, 0.25) is 0 Å². The third kappa shape index (κ3) is 10.7. The molecule has 25 heavy (non-hydrogen) atoms. The minimum absolute atomic E-state index is 0. The maximum absolute atomic E-state index is 12.5. The van der Waals surface area contributed by atoms with Gasteiger partial charge in [0.05, 0.1) is 12.1 Å². The van der Waals surface area contributed by atoms with E-state index < -0.39 is 11.7 Å². The zero-order chi connectivity index (χ0) is 17.8. The number of hydrogen-bond donors (Lipinski definition) is 2. The van der Waals surface area contributed by atoms with Crippen molar-refractivity contribution in [2.24, 2.45) is 4.99 Å². The van der Waals surface area contributed by atoms with Crippen molar-refractivity contribution in [3.8, 4) is 5.75 Å². The summed E-state index contributed by atoms with van der Waals surface area (Å²) in [7, 11) is 1.69. The normalized spacial score (nSPS) is 11.6. The highest BCUT2D eigenvalue weighted by molar-refractivity contribution is 14.0. The standard InChI is InChI=1S/C16H24F3N3OS.HI/c1-20-15(21-9-3-4-12-24-2)22-10-11-23-14-7-5-13(6-8-14)16(17,18)19;/h5-8H,3-4,9-12H2,1-2H3,(H2,20,21,22);1H. The number of nitrogens with zero attached hydrogens (tertiary/aromatic N) is 1. The number of halogens is 4. The lowest BCUT2D eigenvalue weighted by molar-refractivity contribution is -0.137. The van der Waals surface area contributed by atoms with Gasteiger partial charge in [0.2, 0.25) is 0 Å². The maximum atomic E-state index is 12.5.